The summed E-state index contributed by atoms with van der Waals surface area (Å²) < 4.78 is 4.11. The van der Waals surface area contributed by atoms with Crippen molar-refractivity contribution >= 4 is 17.7 Å². The van der Waals surface area contributed by atoms with Gasteiger partial charge in [0.2, 0.25) is 0 Å². The molecule has 0 radical (unpaired) electrons. The highest BCUT2D eigenvalue weighted by Gasteiger charge is 1.94. The van der Waals surface area contributed by atoms with Crippen LogP contribution in [0.15, 0.2) is 4.40 Å². The second-order valence-corrected chi connectivity index (χ2v) is 2.13. The van der Waals surface area contributed by atoms with E-state index in [1.165, 1.54) is 17.7 Å². The molecule has 1 rings (SSSR count). The summed E-state index contributed by atoms with van der Waals surface area (Å²) in [7, 11) is 0. The Morgan fingerprint density at radius 1 is 1.88 bits per heavy atom. The fourth-order valence-electron chi connectivity index (χ4n) is 0.480. The van der Waals surface area contributed by atoms with Crippen molar-refractivity contribution in [3.63, 3.8) is 0 Å². The highest BCUT2D eigenvalue weighted by molar-refractivity contribution is 8.02. The quantitative estimate of drug-likeness (QED) is 0.385. The first-order chi connectivity index (χ1) is 3.93. The van der Waals surface area contributed by atoms with Gasteiger partial charge < -0.3 is 0 Å². The molecule has 0 atom stereocenters. The van der Waals surface area contributed by atoms with Crippen molar-refractivity contribution in [2.75, 3.05) is 0 Å². The average molecular weight is 125 g/mol. The summed E-state index contributed by atoms with van der Waals surface area (Å²) in [5.41, 5.74) is 1.22. The van der Waals surface area contributed by atoms with E-state index < -0.39 is 0 Å². The average Bonchev–Trinajstić information content (AvgIpc) is 1.90. The lowest BCUT2D eigenvalue weighted by molar-refractivity contribution is 1.24. The first-order valence-electron chi connectivity index (χ1n) is 2.63. The Morgan fingerprint density at radius 3 is 3.12 bits per heavy atom. The molecule has 0 amide bonds. The summed E-state index contributed by atoms with van der Waals surface area (Å²) in [6, 6.07) is 0. The third kappa shape index (κ3) is 1.28. The largest absolute Gasteiger partial charge is 0.211 e. The first-order valence-corrected chi connectivity index (χ1v) is 3.40. The molecule has 2 heteroatoms. The smallest absolute Gasteiger partial charge is 0.0627 e. The Hall–Kier alpha value is -0.420. The van der Waals surface area contributed by atoms with Crippen molar-refractivity contribution in [1.29, 1.82) is 0 Å². The lowest BCUT2D eigenvalue weighted by Crippen LogP contribution is -1.93. The van der Waals surface area contributed by atoms with Crippen molar-refractivity contribution in [3.8, 4) is 11.2 Å². The molecule has 0 spiro atoms. The molecule has 0 aliphatic carbocycles. The molecule has 0 bridgehead atoms. The zero-order chi connectivity index (χ0) is 5.82. The van der Waals surface area contributed by atoms with E-state index in [4.69, 9.17) is 0 Å². The maximum absolute atomic E-state index is 4.11. The first kappa shape index (κ1) is 5.71. The summed E-state index contributed by atoms with van der Waals surface area (Å²) in [6.45, 7) is 2.10. The highest BCUT2D eigenvalue weighted by Crippen LogP contribution is 2.07. The third-order valence-corrected chi connectivity index (χ3v) is 1.58. The van der Waals surface area contributed by atoms with Crippen LogP contribution in [0, 0.1) is 11.2 Å². The molecular weight excluding hydrogens is 118 g/mol. The monoisotopic (exact) mass is 125 g/mol. The molecule has 0 saturated carbocycles. The van der Waals surface area contributed by atoms with Gasteiger partial charge in [-0.3, -0.25) is 0 Å². The van der Waals surface area contributed by atoms with Gasteiger partial charge >= 0.3 is 0 Å². The van der Waals surface area contributed by atoms with E-state index in [9.17, 15) is 0 Å². The van der Waals surface area contributed by atoms with Gasteiger partial charge in [0.15, 0.2) is 0 Å². The van der Waals surface area contributed by atoms with E-state index in [0.29, 0.717) is 0 Å². The van der Waals surface area contributed by atoms with Crippen LogP contribution in [0.5, 0.6) is 0 Å². The molecule has 0 aromatic heterocycles. The standard InChI is InChI=1S/C6H7NS/c1-2-6-4-3-5-8-7-6/h2,4H2,1H3. The minimum atomic E-state index is 0.878. The lowest BCUT2D eigenvalue weighted by atomic mass is 10.2. The van der Waals surface area contributed by atoms with E-state index in [1.54, 1.807) is 0 Å². The zero-order valence-corrected chi connectivity index (χ0v) is 5.59. The van der Waals surface area contributed by atoms with Crippen molar-refractivity contribution < 1.29 is 0 Å². The predicted octanol–water partition coefficient (Wildman–Crippen LogP) is 1.85. The number of rotatable bonds is 1. The minimum Gasteiger partial charge on any atom is -0.211 e. The molecule has 0 aromatic carbocycles. The van der Waals surface area contributed by atoms with Crippen molar-refractivity contribution in [2.24, 2.45) is 4.40 Å². The van der Waals surface area contributed by atoms with Crippen LogP contribution in [0.3, 0.4) is 0 Å². The number of hydrogen-bond donors (Lipinski definition) is 0. The molecule has 0 unspecified atom stereocenters. The van der Waals surface area contributed by atoms with Crippen molar-refractivity contribution in [3.05, 3.63) is 0 Å². The third-order valence-electron chi connectivity index (χ3n) is 0.993. The summed E-state index contributed by atoms with van der Waals surface area (Å²) in [5.74, 6) is 2.97. The fourth-order valence-corrected chi connectivity index (χ4v) is 0.985. The van der Waals surface area contributed by atoms with Crippen molar-refractivity contribution in [1.82, 2.24) is 0 Å². The molecule has 42 valence electrons. The molecule has 1 aliphatic rings. The maximum Gasteiger partial charge on any atom is 0.0627 e. The Morgan fingerprint density at radius 2 is 2.75 bits per heavy atom. The summed E-state index contributed by atoms with van der Waals surface area (Å²) in [5, 5.41) is 2.83. The molecular formula is C6H7NS. The van der Waals surface area contributed by atoms with Gasteiger partial charge in [-0.2, -0.15) is 0 Å². The molecule has 0 aromatic rings. The summed E-state index contributed by atoms with van der Waals surface area (Å²) >= 11 is 1.35. The van der Waals surface area contributed by atoms with Gasteiger partial charge in [0, 0.05) is 12.1 Å². The maximum atomic E-state index is 4.11. The van der Waals surface area contributed by atoms with E-state index in [0.717, 1.165) is 12.8 Å². The summed E-state index contributed by atoms with van der Waals surface area (Å²) in [4.78, 5) is 0. The molecule has 0 N–H and O–H groups in total. The molecule has 1 heterocycles. The van der Waals surface area contributed by atoms with Crippen LogP contribution in [-0.4, -0.2) is 5.71 Å². The Bertz CT molecular complexity index is 161. The van der Waals surface area contributed by atoms with Crippen LogP contribution >= 0.6 is 11.9 Å². The zero-order valence-electron chi connectivity index (χ0n) is 4.77. The normalized spacial score (nSPS) is 16.4. The van der Waals surface area contributed by atoms with Crippen LogP contribution in [0.4, 0.5) is 0 Å². The van der Waals surface area contributed by atoms with Gasteiger partial charge in [-0.25, -0.2) is 4.40 Å². The van der Waals surface area contributed by atoms with Crippen LogP contribution in [0.25, 0.3) is 0 Å². The van der Waals surface area contributed by atoms with Gasteiger partial charge in [0.05, 0.1) is 11.9 Å². The van der Waals surface area contributed by atoms with Gasteiger partial charge in [-0.15, -0.1) is 0 Å². The molecule has 1 nitrogen and oxygen atoms in total. The predicted molar refractivity (Wildman–Crippen MR) is 37.7 cm³/mol. The van der Waals surface area contributed by atoms with E-state index in [-0.39, 0.29) is 0 Å². The van der Waals surface area contributed by atoms with Crippen LogP contribution in [-0.2, 0) is 0 Å². The van der Waals surface area contributed by atoms with E-state index in [2.05, 4.69) is 22.5 Å². The van der Waals surface area contributed by atoms with Gasteiger partial charge in [-0.05, 0) is 11.7 Å². The van der Waals surface area contributed by atoms with Crippen LogP contribution in [0.2, 0.25) is 0 Å². The van der Waals surface area contributed by atoms with Crippen LogP contribution in [0.1, 0.15) is 19.8 Å². The molecule has 0 saturated heterocycles. The minimum absolute atomic E-state index is 0.878. The topological polar surface area (TPSA) is 12.4 Å². The number of nitrogens with zero attached hydrogens (tertiary/aromatic N) is 1. The highest BCUT2D eigenvalue weighted by atomic mass is 32.2. The van der Waals surface area contributed by atoms with Gasteiger partial charge in [-0.1, -0.05) is 12.8 Å². The Labute approximate surface area is 53.7 Å². The van der Waals surface area contributed by atoms with E-state index in [1.807, 2.05) is 0 Å². The van der Waals surface area contributed by atoms with E-state index >= 15 is 0 Å². The Balaban J connectivity index is 2.49. The fraction of sp³-hybridized carbons (Fsp3) is 0.500. The van der Waals surface area contributed by atoms with Crippen LogP contribution < -0.4 is 0 Å². The lowest BCUT2D eigenvalue weighted by Gasteiger charge is -1.96. The molecule has 1 aliphatic heterocycles. The Kier molecular flexibility index (Phi) is 1.99. The van der Waals surface area contributed by atoms with Gasteiger partial charge in [0.1, 0.15) is 0 Å². The second kappa shape index (κ2) is 2.78. The van der Waals surface area contributed by atoms with Gasteiger partial charge in [0.25, 0.3) is 0 Å². The van der Waals surface area contributed by atoms with Crippen molar-refractivity contribution in [2.45, 2.75) is 19.8 Å². The second-order valence-electron chi connectivity index (χ2n) is 1.56. The summed E-state index contributed by atoms with van der Waals surface area (Å²) in [6.07, 6.45) is 1.92. The SMILES string of the molecule is CCC1=NSC#CC1. The molecule has 8 heavy (non-hydrogen) atoms. The molecule has 0 fully saturated rings. The number of hydrogen-bond acceptors (Lipinski definition) is 2.